The molecule has 20 heavy (non-hydrogen) atoms. The predicted octanol–water partition coefficient (Wildman–Crippen LogP) is 0.0541. The van der Waals surface area contributed by atoms with Crippen molar-refractivity contribution in [2.45, 2.75) is 30.3 Å². The summed E-state index contributed by atoms with van der Waals surface area (Å²) in [4.78, 5) is 10.5. The van der Waals surface area contributed by atoms with Crippen LogP contribution in [-0.2, 0) is 19.6 Å². The zero-order valence-corrected chi connectivity index (χ0v) is 11.7. The van der Waals surface area contributed by atoms with Crippen LogP contribution in [0.1, 0.15) is 19.3 Å². The molecule has 0 aromatic carbocycles. The molecule has 2 N–H and O–H groups in total. The number of hydrogen-bond donors (Lipinski definition) is 2. The number of ether oxygens (including phenoxy) is 1. The van der Waals surface area contributed by atoms with Gasteiger partial charge in [-0.15, -0.1) is 0 Å². The van der Waals surface area contributed by atoms with Crippen LogP contribution in [0.2, 0.25) is 0 Å². The van der Waals surface area contributed by atoms with E-state index < -0.39 is 16.0 Å². The summed E-state index contributed by atoms with van der Waals surface area (Å²) in [5.74, 6) is -0.898. The van der Waals surface area contributed by atoms with E-state index in [2.05, 4.69) is 10.2 Å². The van der Waals surface area contributed by atoms with E-state index in [9.17, 15) is 13.2 Å². The molecule has 0 radical (unpaired) electrons. The lowest BCUT2D eigenvalue weighted by atomic mass is 10.1. The number of aromatic amines is 1. The number of sulfonamides is 1. The zero-order chi connectivity index (χ0) is 14.6. The summed E-state index contributed by atoms with van der Waals surface area (Å²) in [6.45, 7) is 0.894. The van der Waals surface area contributed by atoms with Crippen LogP contribution in [-0.4, -0.2) is 59.8 Å². The highest BCUT2D eigenvalue weighted by Crippen LogP contribution is 2.21. The topological polar surface area (TPSA) is 113 Å². The fraction of sp³-hybridized carbons (Fsp3) is 0.636. The number of nitrogens with zero attached hydrogens (tertiary/aromatic N) is 2. The second-order valence-electron chi connectivity index (χ2n) is 4.55. The first-order valence-corrected chi connectivity index (χ1v) is 7.76. The van der Waals surface area contributed by atoms with Gasteiger partial charge in [0.2, 0.25) is 10.0 Å². The molecule has 1 aromatic rings. The maximum absolute atomic E-state index is 12.2. The average molecular weight is 303 g/mol. The summed E-state index contributed by atoms with van der Waals surface area (Å²) in [7, 11) is -3.49. The van der Waals surface area contributed by atoms with Gasteiger partial charge in [-0.3, -0.25) is 9.89 Å². The molecule has 0 atom stereocenters. The first kappa shape index (κ1) is 14.9. The number of rotatable bonds is 6. The van der Waals surface area contributed by atoms with Crippen molar-refractivity contribution >= 4 is 16.0 Å². The standard InChI is InChI=1S/C11H17N3O5S/c15-11(16)3-6-19-9-1-4-14(5-2-9)20(17,18)10-7-12-13-8-10/h7-9H,1-6H2,(H,12,13)(H,15,16). The predicted molar refractivity (Wildman–Crippen MR) is 68.6 cm³/mol. The van der Waals surface area contributed by atoms with E-state index in [1.54, 1.807) is 0 Å². The van der Waals surface area contributed by atoms with Crippen molar-refractivity contribution in [3.8, 4) is 0 Å². The summed E-state index contributed by atoms with van der Waals surface area (Å²) < 4.78 is 31.2. The van der Waals surface area contributed by atoms with Crippen molar-refractivity contribution in [1.82, 2.24) is 14.5 Å². The molecule has 1 saturated heterocycles. The van der Waals surface area contributed by atoms with E-state index in [0.29, 0.717) is 25.9 Å². The number of carbonyl (C=O) groups is 1. The van der Waals surface area contributed by atoms with Crippen molar-refractivity contribution in [3.05, 3.63) is 12.4 Å². The van der Waals surface area contributed by atoms with E-state index in [0.717, 1.165) is 0 Å². The molecule has 1 fully saturated rings. The zero-order valence-electron chi connectivity index (χ0n) is 10.9. The molecular formula is C11H17N3O5S. The number of aromatic nitrogens is 2. The molecule has 1 aliphatic heterocycles. The fourth-order valence-corrected chi connectivity index (χ4v) is 3.46. The molecule has 9 heteroatoms. The average Bonchev–Trinajstić information content (AvgIpc) is 2.93. The second-order valence-corrected chi connectivity index (χ2v) is 6.49. The Balaban J connectivity index is 1.84. The lowest BCUT2D eigenvalue weighted by molar-refractivity contribution is -0.138. The van der Waals surface area contributed by atoms with Crippen LogP contribution in [0.15, 0.2) is 17.3 Å². The van der Waals surface area contributed by atoms with Gasteiger partial charge in [-0.25, -0.2) is 8.42 Å². The molecule has 1 aliphatic rings. The summed E-state index contributed by atoms with van der Waals surface area (Å²) in [5.41, 5.74) is 0. The van der Waals surface area contributed by atoms with Gasteiger partial charge in [0.1, 0.15) is 4.90 Å². The number of piperidine rings is 1. The number of carboxylic acid groups (broad SMARTS) is 1. The number of aliphatic carboxylic acids is 1. The van der Waals surface area contributed by atoms with E-state index in [-0.39, 0.29) is 24.0 Å². The Morgan fingerprint density at radius 2 is 2.20 bits per heavy atom. The fourth-order valence-electron chi connectivity index (χ4n) is 2.08. The van der Waals surface area contributed by atoms with Gasteiger partial charge in [0.05, 0.1) is 25.3 Å². The van der Waals surface area contributed by atoms with Crippen molar-refractivity contribution in [1.29, 1.82) is 0 Å². The summed E-state index contributed by atoms with van der Waals surface area (Å²) in [5, 5.41) is 14.7. The maximum atomic E-state index is 12.2. The summed E-state index contributed by atoms with van der Waals surface area (Å²) in [6, 6.07) is 0. The maximum Gasteiger partial charge on any atom is 0.305 e. The Morgan fingerprint density at radius 1 is 1.50 bits per heavy atom. The molecular weight excluding hydrogens is 286 g/mol. The second kappa shape index (κ2) is 6.33. The van der Waals surface area contributed by atoms with E-state index in [1.807, 2.05) is 0 Å². The highest BCUT2D eigenvalue weighted by atomic mass is 32.2. The van der Waals surface area contributed by atoms with Gasteiger partial charge in [-0.05, 0) is 12.8 Å². The third-order valence-electron chi connectivity index (χ3n) is 3.18. The van der Waals surface area contributed by atoms with Crippen LogP contribution in [0.3, 0.4) is 0 Å². The quantitative estimate of drug-likeness (QED) is 0.768. The van der Waals surface area contributed by atoms with Crippen molar-refractivity contribution in [2.24, 2.45) is 0 Å². The third kappa shape index (κ3) is 3.56. The molecule has 2 heterocycles. The Labute approximate surface area is 116 Å². The van der Waals surface area contributed by atoms with Crippen molar-refractivity contribution in [2.75, 3.05) is 19.7 Å². The molecule has 1 aromatic heterocycles. The van der Waals surface area contributed by atoms with Crippen LogP contribution < -0.4 is 0 Å². The number of carboxylic acids is 1. The molecule has 112 valence electrons. The molecule has 0 unspecified atom stereocenters. The smallest absolute Gasteiger partial charge is 0.305 e. The van der Waals surface area contributed by atoms with Gasteiger partial charge in [0.15, 0.2) is 0 Å². The number of nitrogens with one attached hydrogen (secondary N) is 1. The summed E-state index contributed by atoms with van der Waals surface area (Å²) >= 11 is 0. The lowest BCUT2D eigenvalue weighted by Crippen LogP contribution is -2.40. The minimum Gasteiger partial charge on any atom is -0.481 e. The first-order chi connectivity index (χ1) is 9.50. The largest absolute Gasteiger partial charge is 0.481 e. The normalized spacial score (nSPS) is 18.2. The highest BCUT2D eigenvalue weighted by Gasteiger charge is 2.30. The highest BCUT2D eigenvalue weighted by molar-refractivity contribution is 7.89. The van der Waals surface area contributed by atoms with Crippen molar-refractivity contribution < 1.29 is 23.1 Å². The monoisotopic (exact) mass is 303 g/mol. The van der Waals surface area contributed by atoms with Crippen LogP contribution in [0.4, 0.5) is 0 Å². The Hall–Kier alpha value is -1.45. The lowest BCUT2D eigenvalue weighted by Gasteiger charge is -2.30. The van der Waals surface area contributed by atoms with Crippen LogP contribution in [0.5, 0.6) is 0 Å². The van der Waals surface area contributed by atoms with Crippen molar-refractivity contribution in [3.63, 3.8) is 0 Å². The van der Waals surface area contributed by atoms with Gasteiger partial charge in [-0.2, -0.15) is 9.40 Å². The van der Waals surface area contributed by atoms with Gasteiger partial charge in [-0.1, -0.05) is 0 Å². The van der Waals surface area contributed by atoms with Gasteiger partial charge < -0.3 is 9.84 Å². The van der Waals surface area contributed by atoms with Crippen LogP contribution in [0, 0.1) is 0 Å². The molecule has 2 rings (SSSR count). The van der Waals surface area contributed by atoms with E-state index in [1.165, 1.54) is 16.7 Å². The number of hydrogen-bond acceptors (Lipinski definition) is 5. The van der Waals surface area contributed by atoms with Gasteiger partial charge >= 0.3 is 5.97 Å². The first-order valence-electron chi connectivity index (χ1n) is 6.32. The third-order valence-corrected chi connectivity index (χ3v) is 5.05. The van der Waals surface area contributed by atoms with Crippen LogP contribution in [0.25, 0.3) is 0 Å². The van der Waals surface area contributed by atoms with Crippen LogP contribution >= 0.6 is 0 Å². The molecule has 0 saturated carbocycles. The SMILES string of the molecule is O=C(O)CCOC1CCN(S(=O)(=O)c2cn[nH]c2)CC1. The number of H-pyrrole nitrogens is 1. The minimum absolute atomic E-state index is 0.0342. The Morgan fingerprint density at radius 3 is 2.75 bits per heavy atom. The molecule has 0 bridgehead atoms. The van der Waals surface area contributed by atoms with Gasteiger partial charge in [0.25, 0.3) is 0 Å². The van der Waals surface area contributed by atoms with E-state index in [4.69, 9.17) is 9.84 Å². The Kier molecular flexibility index (Phi) is 4.73. The molecule has 0 spiro atoms. The molecule has 0 amide bonds. The van der Waals surface area contributed by atoms with E-state index >= 15 is 0 Å². The molecule has 8 nitrogen and oxygen atoms in total. The Bertz CT molecular complexity index is 534. The molecule has 0 aliphatic carbocycles. The van der Waals surface area contributed by atoms with Gasteiger partial charge in [0, 0.05) is 19.3 Å². The minimum atomic E-state index is -3.49. The summed E-state index contributed by atoms with van der Waals surface area (Å²) in [6.07, 6.45) is 3.65.